The van der Waals surface area contributed by atoms with Gasteiger partial charge in [0, 0.05) is 31.1 Å². The van der Waals surface area contributed by atoms with Gasteiger partial charge in [0.15, 0.2) is 6.29 Å². The molecule has 2 heterocycles. The van der Waals surface area contributed by atoms with Crippen LogP contribution in [0.15, 0.2) is 60.8 Å². The Kier molecular flexibility index (Phi) is 7.32. The minimum Gasteiger partial charge on any atom is -0.496 e. The maximum atomic E-state index is 11.9. The number of ether oxygens (including phenoxy) is 2. The molecule has 0 radical (unpaired) electrons. The number of H-pyrrole nitrogens is 1. The summed E-state index contributed by atoms with van der Waals surface area (Å²) in [6, 6.07) is 15.8. The first-order chi connectivity index (χ1) is 15.7. The van der Waals surface area contributed by atoms with Gasteiger partial charge >= 0.3 is 0 Å². The lowest BCUT2D eigenvalue weighted by molar-refractivity contribution is -0.198. The highest BCUT2D eigenvalue weighted by atomic mass is 16.8. The molecule has 1 atom stereocenters. The number of rotatable bonds is 8. The van der Waals surface area contributed by atoms with Gasteiger partial charge in [0.25, 0.3) is 5.91 Å². The Bertz CT molecular complexity index is 1050. The number of nitrogens with zero attached hydrogens (tertiary/aromatic N) is 1. The molecule has 0 spiro atoms. The van der Waals surface area contributed by atoms with Gasteiger partial charge < -0.3 is 14.5 Å². The summed E-state index contributed by atoms with van der Waals surface area (Å²) in [6.45, 7) is 0.669. The number of nitrogens with one attached hydrogen (secondary N) is 2. The Labute approximate surface area is 187 Å². The number of carbonyl (C=O) groups is 1. The highest BCUT2D eigenvalue weighted by molar-refractivity contribution is 5.90. The fraction of sp³-hybridized carbons (Fsp3) is 0.280. The first-order valence-electron chi connectivity index (χ1n) is 10.7. The van der Waals surface area contributed by atoms with Crippen molar-refractivity contribution < 1.29 is 19.1 Å². The number of para-hydroxylation sites is 1. The van der Waals surface area contributed by atoms with E-state index in [4.69, 9.17) is 14.3 Å². The zero-order chi connectivity index (χ0) is 22.2. The van der Waals surface area contributed by atoms with E-state index in [9.17, 15) is 4.79 Å². The highest BCUT2D eigenvalue weighted by Gasteiger charge is 2.15. The molecule has 3 aromatic rings. The summed E-state index contributed by atoms with van der Waals surface area (Å²) in [5.74, 6) is 1.36. The molecule has 1 unspecified atom stereocenters. The molecule has 1 amide bonds. The predicted molar refractivity (Wildman–Crippen MR) is 122 cm³/mol. The molecule has 1 saturated heterocycles. The fourth-order valence-electron chi connectivity index (χ4n) is 3.53. The quantitative estimate of drug-likeness (QED) is 0.409. The van der Waals surface area contributed by atoms with E-state index in [1.807, 2.05) is 54.7 Å². The Morgan fingerprint density at radius 1 is 1.22 bits per heavy atom. The lowest BCUT2D eigenvalue weighted by atomic mass is 10.1. The summed E-state index contributed by atoms with van der Waals surface area (Å²) in [5.41, 5.74) is 6.36. The van der Waals surface area contributed by atoms with Crippen LogP contribution in [0.4, 0.5) is 0 Å². The lowest BCUT2D eigenvalue weighted by Crippen LogP contribution is -2.32. The predicted octanol–water partition coefficient (Wildman–Crippen LogP) is 4.26. The maximum absolute atomic E-state index is 11.9. The zero-order valence-electron chi connectivity index (χ0n) is 18.0. The summed E-state index contributed by atoms with van der Waals surface area (Å²) >= 11 is 0. The van der Waals surface area contributed by atoms with Crippen LogP contribution in [-0.2, 0) is 20.8 Å². The molecule has 0 aliphatic carbocycles. The summed E-state index contributed by atoms with van der Waals surface area (Å²) in [6.07, 6.45) is 8.21. The summed E-state index contributed by atoms with van der Waals surface area (Å²) in [5, 5.41) is 0. The van der Waals surface area contributed by atoms with Crippen LogP contribution in [0, 0.1) is 0 Å². The second-order valence-electron chi connectivity index (χ2n) is 7.58. The van der Waals surface area contributed by atoms with Crippen LogP contribution in [-0.4, -0.2) is 35.9 Å². The van der Waals surface area contributed by atoms with Crippen molar-refractivity contribution in [2.75, 3.05) is 13.7 Å². The van der Waals surface area contributed by atoms with Crippen LogP contribution in [0.5, 0.6) is 5.75 Å². The molecule has 1 aliphatic heterocycles. The van der Waals surface area contributed by atoms with Gasteiger partial charge in [0.1, 0.15) is 11.6 Å². The van der Waals surface area contributed by atoms with Gasteiger partial charge in [0.05, 0.1) is 19.0 Å². The van der Waals surface area contributed by atoms with Crippen LogP contribution in [0.1, 0.15) is 36.2 Å². The van der Waals surface area contributed by atoms with Crippen LogP contribution in [0.2, 0.25) is 0 Å². The van der Waals surface area contributed by atoms with Crippen LogP contribution in [0.3, 0.4) is 0 Å². The third-order valence-electron chi connectivity index (χ3n) is 5.23. The Balaban J connectivity index is 1.30. The van der Waals surface area contributed by atoms with Gasteiger partial charge in [0.2, 0.25) is 0 Å². The largest absolute Gasteiger partial charge is 0.496 e. The zero-order valence-corrected chi connectivity index (χ0v) is 18.0. The van der Waals surface area contributed by atoms with Gasteiger partial charge in [-0.3, -0.25) is 4.79 Å². The van der Waals surface area contributed by atoms with Gasteiger partial charge in [-0.05, 0) is 42.2 Å². The number of imidazole rings is 1. The van der Waals surface area contributed by atoms with Gasteiger partial charge in [-0.2, -0.15) is 0 Å². The van der Waals surface area contributed by atoms with E-state index in [0.717, 1.165) is 53.2 Å². The van der Waals surface area contributed by atoms with E-state index in [0.29, 0.717) is 13.0 Å². The minimum atomic E-state index is -0.356. The molecule has 2 aromatic carbocycles. The number of aromatic nitrogens is 2. The number of amides is 1. The molecule has 7 heteroatoms. The SMILES string of the molecule is COc1ccccc1-c1cnc(Cc2ccc(C=CC(=O)NOC3CCCCO3)cc2)[nH]1. The molecule has 166 valence electrons. The number of methoxy groups -OCH3 is 1. The number of aromatic amines is 1. The highest BCUT2D eigenvalue weighted by Crippen LogP contribution is 2.28. The molecular weight excluding hydrogens is 406 g/mol. The fourth-order valence-corrected chi connectivity index (χ4v) is 3.53. The molecule has 0 saturated carbocycles. The van der Waals surface area contributed by atoms with Crippen molar-refractivity contribution >= 4 is 12.0 Å². The van der Waals surface area contributed by atoms with Crippen molar-refractivity contribution in [1.82, 2.24) is 15.4 Å². The monoisotopic (exact) mass is 433 g/mol. The third-order valence-corrected chi connectivity index (χ3v) is 5.23. The first-order valence-corrected chi connectivity index (χ1v) is 10.7. The first kappa shape index (κ1) is 21.8. The molecule has 1 aliphatic rings. The molecule has 0 bridgehead atoms. The van der Waals surface area contributed by atoms with Crippen LogP contribution < -0.4 is 10.2 Å². The summed E-state index contributed by atoms with van der Waals surface area (Å²) in [4.78, 5) is 25.1. The van der Waals surface area contributed by atoms with Gasteiger partial charge in [-0.1, -0.05) is 36.4 Å². The molecule has 2 N–H and O–H groups in total. The van der Waals surface area contributed by atoms with Crippen molar-refractivity contribution in [3.63, 3.8) is 0 Å². The van der Waals surface area contributed by atoms with Gasteiger partial charge in [-0.15, -0.1) is 0 Å². The van der Waals surface area contributed by atoms with E-state index in [-0.39, 0.29) is 12.2 Å². The molecule has 32 heavy (non-hydrogen) atoms. The number of hydrogen-bond acceptors (Lipinski definition) is 5. The molecule has 1 aromatic heterocycles. The second kappa shape index (κ2) is 10.7. The van der Waals surface area contributed by atoms with Crippen molar-refractivity contribution in [1.29, 1.82) is 0 Å². The Morgan fingerprint density at radius 2 is 2.06 bits per heavy atom. The van der Waals surface area contributed by atoms with Crippen LogP contribution in [0.25, 0.3) is 17.3 Å². The third kappa shape index (κ3) is 5.84. The number of hydrogen-bond donors (Lipinski definition) is 2. The van der Waals surface area contributed by atoms with E-state index in [1.54, 1.807) is 13.2 Å². The van der Waals surface area contributed by atoms with Crippen molar-refractivity contribution in [2.45, 2.75) is 32.0 Å². The molecule has 1 fully saturated rings. The molecule has 4 rings (SSSR count). The van der Waals surface area contributed by atoms with Crippen molar-refractivity contribution in [3.05, 3.63) is 77.8 Å². The van der Waals surface area contributed by atoms with Gasteiger partial charge in [-0.25, -0.2) is 15.3 Å². The Hall–Kier alpha value is -3.42. The van der Waals surface area contributed by atoms with Crippen molar-refractivity contribution in [3.8, 4) is 17.0 Å². The standard InChI is InChI=1S/C25H27N3O4/c1-30-22-7-3-2-6-20(22)21-17-26-23(27-21)16-19-11-9-18(10-12-19)13-14-24(29)28-32-25-8-4-5-15-31-25/h2-3,6-7,9-14,17,25H,4-5,8,15-16H2,1H3,(H,26,27)(H,28,29). The maximum Gasteiger partial charge on any atom is 0.267 e. The average molecular weight is 434 g/mol. The van der Waals surface area contributed by atoms with Crippen LogP contribution >= 0.6 is 0 Å². The minimum absolute atomic E-state index is 0.317. The summed E-state index contributed by atoms with van der Waals surface area (Å²) in [7, 11) is 1.66. The Morgan fingerprint density at radius 3 is 2.84 bits per heavy atom. The molecule has 7 nitrogen and oxygen atoms in total. The normalized spacial score (nSPS) is 16.2. The second-order valence-corrected chi connectivity index (χ2v) is 7.58. The lowest BCUT2D eigenvalue weighted by Gasteiger charge is -2.21. The molecular formula is C25H27N3O4. The van der Waals surface area contributed by atoms with E-state index in [1.165, 1.54) is 6.08 Å². The van der Waals surface area contributed by atoms with Crippen molar-refractivity contribution in [2.24, 2.45) is 0 Å². The number of hydroxylamine groups is 1. The van der Waals surface area contributed by atoms with E-state index in [2.05, 4.69) is 15.4 Å². The topological polar surface area (TPSA) is 85.5 Å². The summed E-state index contributed by atoms with van der Waals surface area (Å²) < 4.78 is 10.8. The van der Waals surface area contributed by atoms with E-state index >= 15 is 0 Å². The number of carbonyl (C=O) groups excluding carboxylic acids is 1. The van der Waals surface area contributed by atoms with E-state index < -0.39 is 0 Å². The smallest absolute Gasteiger partial charge is 0.267 e. The number of benzene rings is 2. The average Bonchev–Trinajstić information content (AvgIpc) is 3.31.